The number of carbonyl (C=O) groups excluding carboxylic acids is 6. The van der Waals surface area contributed by atoms with E-state index in [0.29, 0.717) is 37.4 Å². The van der Waals surface area contributed by atoms with Gasteiger partial charge in [0.1, 0.15) is 52.7 Å². The van der Waals surface area contributed by atoms with E-state index < -0.39 is 129 Å². The van der Waals surface area contributed by atoms with Gasteiger partial charge >= 0.3 is 45.7 Å². The second-order valence-corrected chi connectivity index (χ2v) is 28.2. The summed E-state index contributed by atoms with van der Waals surface area (Å²) in [5, 5.41) is 4.83. The maximum absolute atomic E-state index is 14.1. The highest BCUT2D eigenvalue weighted by Crippen LogP contribution is 2.56. The number of para-hydroxylation sites is 2. The van der Waals surface area contributed by atoms with E-state index in [0.717, 1.165) is 11.1 Å². The minimum absolute atomic E-state index is 0.00131. The van der Waals surface area contributed by atoms with Gasteiger partial charge in [-0.2, -0.15) is 0 Å². The molecule has 2 saturated heterocycles. The number of esters is 3. The fraction of sp³-hybridized carbons (Fsp3) is 0.695. The molecular weight excluding hydrogens is 1170 g/mol. The first-order valence-electron chi connectivity index (χ1n) is 28.5. The Hall–Kier alpha value is -5.20. The third kappa shape index (κ3) is 30.1. The van der Waals surface area contributed by atoms with Crippen molar-refractivity contribution in [2.75, 3.05) is 53.9 Å². The minimum atomic E-state index is -4.46. The predicted octanol–water partition coefficient (Wildman–Crippen LogP) is 10.3. The summed E-state index contributed by atoms with van der Waals surface area (Å²) in [5.41, 5.74) is -2.81. The standard InChI is InChI=1S/C31H50NO12P.C28H44NO11P/c1-29(2,3)41-27(34)22(32-28(35)42-30(4,5)6)19-39-45(36,44-31(7,8)9)43-24-17-18-38-20-25(24)40-26(33)16-15-21-13-11-12-14-23(21)37-10;1-19(30)21(29-26(32)38-27(2,3)4)17-36-41(33,40-28(5,6)7)39-24-18-35-16-15-23(24)37-25(31)14-13-20-11-9-10-12-22(20)34-8/h11-14,22,24-25H,15-20H2,1-10H3,(H,32,35);9-12,21,23-24H,13-18H2,1-8H3,(H,29,32)/t22-,24+,25+,45?;21-,23+,24+,41?/m00/s1. The Balaban J connectivity index is 0.000000452. The van der Waals surface area contributed by atoms with Gasteiger partial charge in [-0.3, -0.25) is 41.5 Å². The van der Waals surface area contributed by atoms with Crippen LogP contribution in [-0.2, 0) is 101 Å². The Morgan fingerprint density at radius 3 is 1.33 bits per heavy atom. The Morgan fingerprint density at radius 1 is 0.523 bits per heavy atom. The molecule has 2 aliphatic heterocycles. The average molecular weight is 1260 g/mol. The summed E-state index contributed by atoms with van der Waals surface area (Å²) in [6.45, 7) is 25.6. The number of ketones is 1. The molecule has 25 nitrogen and oxygen atoms in total. The maximum Gasteiger partial charge on any atom is 0.475 e. The number of amides is 2. The molecule has 27 heteroatoms. The highest BCUT2D eigenvalue weighted by Gasteiger charge is 2.44. The minimum Gasteiger partial charge on any atom is -0.496 e. The number of aryl methyl sites for hydroxylation is 2. The predicted molar refractivity (Wildman–Crippen MR) is 315 cm³/mol. The molecule has 2 aromatic rings. The van der Waals surface area contributed by atoms with Crippen LogP contribution < -0.4 is 20.1 Å². The molecular formula is C59H94N2O23P2. The number of hydrogen-bond acceptors (Lipinski definition) is 23. The molecule has 0 bridgehead atoms. The molecule has 0 spiro atoms. The Kier molecular flexibility index (Phi) is 29.1. The zero-order chi connectivity index (χ0) is 64.9. The van der Waals surface area contributed by atoms with E-state index in [2.05, 4.69) is 10.6 Å². The van der Waals surface area contributed by atoms with Crippen molar-refractivity contribution in [3.8, 4) is 11.5 Å². The first kappa shape index (κ1) is 75.1. The lowest BCUT2D eigenvalue weighted by Crippen LogP contribution is -2.48. The number of ether oxygens (including phenoxy) is 9. The number of Topliss-reactive ketones (excluding diaryl/α,β-unsaturated/α-hetero) is 1. The fourth-order valence-corrected chi connectivity index (χ4v) is 11.2. The summed E-state index contributed by atoms with van der Waals surface area (Å²) in [4.78, 5) is 75.5. The molecule has 4 rings (SSSR count). The second kappa shape index (κ2) is 33.4. The topological polar surface area (TPSA) is 299 Å². The van der Waals surface area contributed by atoms with Crippen molar-refractivity contribution < 1.29 is 108 Å². The van der Waals surface area contributed by atoms with Gasteiger partial charge in [-0.05, 0) is 147 Å². The number of nitrogens with one attached hydrogen (secondary N) is 2. The van der Waals surface area contributed by atoms with Crippen molar-refractivity contribution >= 4 is 51.5 Å². The van der Waals surface area contributed by atoms with Crippen molar-refractivity contribution in [2.45, 2.75) is 214 Å². The summed E-state index contributed by atoms with van der Waals surface area (Å²) in [7, 11) is -5.71. The maximum atomic E-state index is 14.1. The molecule has 2 fully saturated rings. The summed E-state index contributed by atoms with van der Waals surface area (Å²) < 4.78 is 111. The van der Waals surface area contributed by atoms with Crippen LogP contribution in [0.4, 0.5) is 9.59 Å². The highest BCUT2D eigenvalue weighted by atomic mass is 31.2. The molecule has 2 unspecified atom stereocenters. The van der Waals surface area contributed by atoms with Gasteiger partial charge in [0.25, 0.3) is 0 Å². The van der Waals surface area contributed by atoms with Crippen LogP contribution in [-0.4, -0.2) is 154 Å². The van der Waals surface area contributed by atoms with Crippen LogP contribution >= 0.6 is 15.6 Å². The number of hydrogen-bond donors (Lipinski definition) is 2. The molecule has 0 aliphatic carbocycles. The largest absolute Gasteiger partial charge is 0.496 e. The van der Waals surface area contributed by atoms with Gasteiger partial charge in [0.15, 0.2) is 17.9 Å². The van der Waals surface area contributed by atoms with Gasteiger partial charge in [-0.25, -0.2) is 23.5 Å². The van der Waals surface area contributed by atoms with Gasteiger partial charge in [-0.15, -0.1) is 0 Å². The van der Waals surface area contributed by atoms with Crippen LogP contribution in [0.15, 0.2) is 48.5 Å². The fourth-order valence-electron chi connectivity index (χ4n) is 7.79. The smallest absolute Gasteiger partial charge is 0.475 e. The van der Waals surface area contributed by atoms with Crippen LogP contribution in [0.2, 0.25) is 0 Å². The van der Waals surface area contributed by atoms with Crippen molar-refractivity contribution in [3.05, 3.63) is 59.7 Å². The van der Waals surface area contributed by atoms with E-state index >= 15 is 0 Å². The van der Waals surface area contributed by atoms with Gasteiger partial charge in [-0.1, -0.05) is 36.4 Å². The number of alkyl carbamates (subject to hydrolysis) is 2. The molecule has 488 valence electrons. The molecule has 2 N–H and O–H groups in total. The normalized spacial score (nSPS) is 19.7. The lowest BCUT2D eigenvalue weighted by Gasteiger charge is -2.35. The van der Waals surface area contributed by atoms with E-state index in [-0.39, 0.29) is 39.1 Å². The van der Waals surface area contributed by atoms with Crippen LogP contribution in [0.3, 0.4) is 0 Å². The van der Waals surface area contributed by atoms with E-state index in [4.69, 9.17) is 69.8 Å². The molecule has 2 aliphatic rings. The number of rotatable bonds is 26. The Labute approximate surface area is 507 Å². The molecule has 0 aromatic heterocycles. The SMILES string of the molecule is COc1ccccc1CCC(=O)O[C@@H]1CCOC[C@H]1OP(=O)(OC[C@H](NC(=O)OC(C)(C)C)C(C)=O)OC(C)(C)C.COc1ccccc1CCC(=O)O[C@@H]1COCC[C@H]1OP(=O)(OC[C@H](NC(=O)OC(C)(C)C)C(=O)OC(C)(C)C)OC(C)(C)C. The van der Waals surface area contributed by atoms with Crippen LogP contribution in [0.1, 0.15) is 148 Å². The van der Waals surface area contributed by atoms with E-state index in [1.807, 2.05) is 48.5 Å². The third-order valence-corrected chi connectivity index (χ3v) is 14.8. The lowest BCUT2D eigenvalue weighted by molar-refractivity contribution is -0.167. The quantitative estimate of drug-likeness (QED) is 0.0502. The van der Waals surface area contributed by atoms with Crippen LogP contribution in [0.5, 0.6) is 11.5 Å². The summed E-state index contributed by atoms with van der Waals surface area (Å²) in [5.74, 6) is -0.943. The number of benzene rings is 2. The Bertz CT molecular complexity index is 2620. The number of methoxy groups -OCH3 is 2. The Morgan fingerprint density at radius 2 is 0.907 bits per heavy atom. The van der Waals surface area contributed by atoms with Gasteiger partial charge in [0, 0.05) is 32.3 Å². The number of phosphoric acid groups is 2. The van der Waals surface area contributed by atoms with E-state index in [1.165, 1.54) is 6.92 Å². The summed E-state index contributed by atoms with van der Waals surface area (Å²) in [6, 6.07) is 12.1. The first-order valence-corrected chi connectivity index (χ1v) is 31.4. The highest BCUT2D eigenvalue weighted by molar-refractivity contribution is 7.48. The van der Waals surface area contributed by atoms with Crippen molar-refractivity contribution in [3.63, 3.8) is 0 Å². The molecule has 2 heterocycles. The molecule has 86 heavy (non-hydrogen) atoms. The van der Waals surface area contributed by atoms with E-state index in [9.17, 15) is 37.9 Å². The second-order valence-electron chi connectivity index (χ2n) is 25.1. The molecule has 0 saturated carbocycles. The van der Waals surface area contributed by atoms with Gasteiger partial charge in [0.2, 0.25) is 0 Å². The summed E-state index contributed by atoms with van der Waals surface area (Å²) >= 11 is 0. The number of phosphoric ester groups is 2. The van der Waals surface area contributed by atoms with Crippen molar-refractivity contribution in [2.24, 2.45) is 0 Å². The first-order chi connectivity index (χ1) is 39.7. The number of carbonyl (C=O) groups is 6. The third-order valence-electron chi connectivity index (χ3n) is 11.3. The molecule has 0 radical (unpaired) electrons. The zero-order valence-electron chi connectivity index (χ0n) is 53.4. The van der Waals surface area contributed by atoms with Crippen molar-refractivity contribution in [1.29, 1.82) is 0 Å². The van der Waals surface area contributed by atoms with E-state index in [1.54, 1.807) is 118 Å². The van der Waals surface area contributed by atoms with Gasteiger partial charge < -0.3 is 53.3 Å². The van der Waals surface area contributed by atoms with Crippen LogP contribution in [0, 0.1) is 0 Å². The molecule has 2 amide bonds. The lowest BCUT2D eigenvalue weighted by atomic mass is 10.1. The molecule has 8 atom stereocenters. The average Bonchev–Trinajstić information content (AvgIpc) is 1.52. The molecule has 2 aromatic carbocycles. The van der Waals surface area contributed by atoms with Crippen molar-refractivity contribution in [1.82, 2.24) is 10.6 Å². The zero-order valence-corrected chi connectivity index (χ0v) is 55.1. The summed E-state index contributed by atoms with van der Waals surface area (Å²) in [6.07, 6.45) is -3.86. The van der Waals surface area contributed by atoms with Gasteiger partial charge in [0.05, 0.1) is 58.5 Å². The monoisotopic (exact) mass is 1260 g/mol. The van der Waals surface area contributed by atoms with Crippen LogP contribution in [0.25, 0.3) is 0 Å².